The largest absolute Gasteiger partial charge is 0.501 e. The fraction of sp³-hybridized carbons (Fsp3) is 0.538. The molecule has 0 unspecified atom stereocenters. The molecular formula is C13H15F4NO2S. The second-order valence-corrected chi connectivity index (χ2v) is 7.08. The number of benzene rings is 1. The van der Waals surface area contributed by atoms with Gasteiger partial charge >= 0.3 is 5.51 Å². The molecule has 2 rings (SSSR count). The average Bonchev–Trinajstić information content (AvgIpc) is 2.37. The summed E-state index contributed by atoms with van der Waals surface area (Å²) in [5.74, 6) is -0.751. The maximum atomic E-state index is 13.5. The van der Waals surface area contributed by atoms with Gasteiger partial charge in [0.15, 0.2) is 0 Å². The minimum atomic E-state index is -5.51. The molecular weight excluding hydrogens is 310 g/mol. The fourth-order valence-electron chi connectivity index (χ4n) is 2.45. The fourth-order valence-corrected chi connectivity index (χ4v) is 3.29. The number of halogens is 4. The molecule has 0 radical (unpaired) electrons. The van der Waals surface area contributed by atoms with Gasteiger partial charge in [0.25, 0.3) is 9.84 Å². The first-order chi connectivity index (χ1) is 9.70. The first kappa shape index (κ1) is 16.2. The number of piperidine rings is 1. The van der Waals surface area contributed by atoms with E-state index in [1.54, 1.807) is 0 Å². The van der Waals surface area contributed by atoms with Crippen molar-refractivity contribution in [1.29, 1.82) is 0 Å². The summed E-state index contributed by atoms with van der Waals surface area (Å²) in [4.78, 5) is -1.03. The van der Waals surface area contributed by atoms with Crippen LogP contribution in [-0.2, 0) is 16.3 Å². The highest BCUT2D eigenvalue weighted by molar-refractivity contribution is 7.92. The normalized spacial score (nSPS) is 17.9. The Morgan fingerprint density at radius 2 is 1.76 bits per heavy atom. The van der Waals surface area contributed by atoms with Crippen molar-refractivity contribution in [3.05, 3.63) is 29.6 Å². The molecule has 3 nitrogen and oxygen atoms in total. The molecule has 1 heterocycles. The van der Waals surface area contributed by atoms with Crippen molar-refractivity contribution in [1.82, 2.24) is 5.32 Å². The lowest BCUT2D eigenvalue weighted by atomic mass is 9.91. The van der Waals surface area contributed by atoms with Gasteiger partial charge in [-0.1, -0.05) is 0 Å². The lowest BCUT2D eigenvalue weighted by Crippen LogP contribution is -2.28. The van der Waals surface area contributed by atoms with Gasteiger partial charge < -0.3 is 5.32 Å². The molecule has 1 aliphatic heterocycles. The third-order valence-electron chi connectivity index (χ3n) is 3.53. The number of hydrogen-bond acceptors (Lipinski definition) is 3. The number of sulfone groups is 1. The highest BCUT2D eigenvalue weighted by Gasteiger charge is 2.47. The van der Waals surface area contributed by atoms with Crippen LogP contribution in [0.3, 0.4) is 0 Å². The van der Waals surface area contributed by atoms with Crippen LogP contribution in [0.4, 0.5) is 17.6 Å². The van der Waals surface area contributed by atoms with Crippen LogP contribution in [-0.4, -0.2) is 27.0 Å². The maximum Gasteiger partial charge on any atom is 0.501 e. The number of nitrogens with one attached hydrogen (secondary N) is 1. The minimum Gasteiger partial charge on any atom is -0.317 e. The van der Waals surface area contributed by atoms with Crippen LogP contribution in [0.2, 0.25) is 0 Å². The zero-order valence-electron chi connectivity index (χ0n) is 11.1. The van der Waals surface area contributed by atoms with Crippen molar-refractivity contribution < 1.29 is 26.0 Å². The van der Waals surface area contributed by atoms with Crippen LogP contribution in [0, 0.1) is 11.7 Å². The Balaban J connectivity index is 2.29. The van der Waals surface area contributed by atoms with Gasteiger partial charge in [-0.3, -0.25) is 0 Å². The Morgan fingerprint density at radius 3 is 2.33 bits per heavy atom. The summed E-state index contributed by atoms with van der Waals surface area (Å²) in [5.41, 5.74) is -5.14. The van der Waals surface area contributed by atoms with Gasteiger partial charge in [-0.15, -0.1) is 0 Å². The molecule has 0 atom stereocenters. The molecule has 1 aromatic rings. The molecule has 1 fully saturated rings. The van der Waals surface area contributed by atoms with Gasteiger partial charge in [0.05, 0.1) is 4.90 Å². The Labute approximate surface area is 120 Å². The van der Waals surface area contributed by atoms with Gasteiger partial charge in [-0.25, -0.2) is 12.8 Å². The van der Waals surface area contributed by atoms with Crippen LogP contribution in [0.5, 0.6) is 0 Å². The Bertz CT molecular complexity index is 607. The van der Waals surface area contributed by atoms with Crippen molar-refractivity contribution in [3.63, 3.8) is 0 Å². The van der Waals surface area contributed by atoms with Gasteiger partial charge in [-0.05, 0) is 62.0 Å². The zero-order valence-corrected chi connectivity index (χ0v) is 11.9. The third kappa shape index (κ3) is 3.74. The molecule has 1 aliphatic rings. The number of alkyl halides is 3. The van der Waals surface area contributed by atoms with E-state index in [1.807, 2.05) is 0 Å². The van der Waals surface area contributed by atoms with Crippen LogP contribution >= 0.6 is 0 Å². The molecule has 0 spiro atoms. The molecule has 0 aromatic heterocycles. The van der Waals surface area contributed by atoms with Gasteiger partial charge in [0.2, 0.25) is 0 Å². The zero-order chi connectivity index (χ0) is 15.7. The minimum absolute atomic E-state index is 0.217. The molecule has 0 saturated carbocycles. The molecule has 1 aromatic carbocycles. The van der Waals surface area contributed by atoms with Gasteiger partial charge in [0, 0.05) is 0 Å². The smallest absolute Gasteiger partial charge is 0.317 e. The van der Waals surface area contributed by atoms with E-state index in [4.69, 9.17) is 0 Å². The van der Waals surface area contributed by atoms with Crippen LogP contribution in [0.1, 0.15) is 18.4 Å². The van der Waals surface area contributed by atoms with Crippen molar-refractivity contribution in [2.24, 2.45) is 5.92 Å². The second-order valence-electron chi connectivity index (χ2n) is 5.14. The third-order valence-corrected chi connectivity index (χ3v) is 4.99. The van der Waals surface area contributed by atoms with Crippen LogP contribution in [0.15, 0.2) is 23.1 Å². The highest BCUT2D eigenvalue weighted by atomic mass is 32.2. The average molecular weight is 325 g/mol. The molecule has 0 bridgehead atoms. The van der Waals surface area contributed by atoms with E-state index in [9.17, 15) is 26.0 Å². The molecule has 8 heteroatoms. The molecule has 0 amide bonds. The van der Waals surface area contributed by atoms with Crippen LogP contribution < -0.4 is 5.32 Å². The van der Waals surface area contributed by atoms with E-state index in [-0.39, 0.29) is 11.5 Å². The Hall–Kier alpha value is -1.15. The number of rotatable bonds is 3. The molecule has 21 heavy (non-hydrogen) atoms. The molecule has 0 aliphatic carbocycles. The topological polar surface area (TPSA) is 46.2 Å². The van der Waals surface area contributed by atoms with Crippen molar-refractivity contribution >= 4 is 9.84 Å². The summed E-state index contributed by atoms with van der Waals surface area (Å²) in [6, 6.07) is 2.43. The summed E-state index contributed by atoms with van der Waals surface area (Å²) < 4.78 is 73.7. The van der Waals surface area contributed by atoms with Crippen LogP contribution in [0.25, 0.3) is 0 Å². The first-order valence-electron chi connectivity index (χ1n) is 6.51. The maximum absolute atomic E-state index is 13.5. The van der Waals surface area contributed by atoms with E-state index in [0.717, 1.165) is 38.1 Å². The van der Waals surface area contributed by atoms with E-state index < -0.39 is 26.1 Å². The SMILES string of the molecule is O=S(=O)(c1cc(F)cc(CC2CCNCC2)c1)C(F)(F)F. The summed E-state index contributed by atoms with van der Waals surface area (Å²) in [6.07, 6.45) is 2.04. The molecule has 1 N–H and O–H groups in total. The van der Waals surface area contributed by atoms with Crippen molar-refractivity contribution in [2.75, 3.05) is 13.1 Å². The quantitative estimate of drug-likeness (QED) is 0.869. The summed E-state index contributed by atoms with van der Waals surface area (Å²) in [7, 11) is -5.51. The van der Waals surface area contributed by atoms with Crippen molar-refractivity contribution in [3.8, 4) is 0 Å². The first-order valence-corrected chi connectivity index (χ1v) is 8.00. The monoisotopic (exact) mass is 325 g/mol. The molecule has 118 valence electrons. The highest BCUT2D eigenvalue weighted by Crippen LogP contribution is 2.31. The van der Waals surface area contributed by atoms with Gasteiger partial charge in [-0.2, -0.15) is 13.2 Å². The predicted octanol–water partition coefficient (Wildman–Crippen LogP) is 2.66. The molecule has 1 saturated heterocycles. The van der Waals surface area contributed by atoms with Gasteiger partial charge in [0.1, 0.15) is 5.82 Å². The lowest BCUT2D eigenvalue weighted by molar-refractivity contribution is -0.0436. The standard InChI is InChI=1S/C13H15F4NO2S/c14-11-6-10(5-9-1-3-18-4-2-9)7-12(8-11)21(19,20)13(15,16)17/h6-9,18H,1-5H2. The Kier molecular flexibility index (Phi) is 4.57. The van der Waals surface area contributed by atoms with Crippen molar-refractivity contribution in [2.45, 2.75) is 29.7 Å². The second kappa shape index (κ2) is 5.92. The van der Waals surface area contributed by atoms with E-state index in [0.29, 0.717) is 12.5 Å². The summed E-state index contributed by atoms with van der Waals surface area (Å²) in [5, 5.41) is 3.15. The van der Waals surface area contributed by atoms with E-state index >= 15 is 0 Å². The van der Waals surface area contributed by atoms with E-state index in [1.165, 1.54) is 0 Å². The van der Waals surface area contributed by atoms with E-state index in [2.05, 4.69) is 5.32 Å². The Morgan fingerprint density at radius 1 is 1.14 bits per heavy atom. The predicted molar refractivity (Wildman–Crippen MR) is 68.9 cm³/mol. The lowest BCUT2D eigenvalue weighted by Gasteiger charge is -2.22. The number of hydrogen-bond donors (Lipinski definition) is 1. The summed E-state index contributed by atoms with van der Waals surface area (Å²) in [6.45, 7) is 1.60. The summed E-state index contributed by atoms with van der Waals surface area (Å²) >= 11 is 0.